The number of aromatic nitrogens is 2. The quantitative estimate of drug-likeness (QED) is 0.854. The van der Waals surface area contributed by atoms with Crippen LogP contribution in [0.15, 0.2) is 4.52 Å². The molecule has 1 aromatic heterocycles. The number of rotatable bonds is 3. The van der Waals surface area contributed by atoms with Gasteiger partial charge in [0.1, 0.15) is 0 Å². The summed E-state index contributed by atoms with van der Waals surface area (Å²) in [6.45, 7) is 4.87. The highest BCUT2D eigenvalue weighted by Gasteiger charge is 2.25. The monoisotopic (exact) mass is 223 g/mol. The maximum Gasteiger partial charge on any atom is 0.230 e. The molecule has 1 aromatic rings. The van der Waals surface area contributed by atoms with Crippen LogP contribution in [-0.4, -0.2) is 16.7 Å². The molecule has 16 heavy (non-hydrogen) atoms. The molecule has 90 valence electrons. The van der Waals surface area contributed by atoms with E-state index in [9.17, 15) is 0 Å². The summed E-state index contributed by atoms with van der Waals surface area (Å²) < 4.78 is 5.26. The zero-order chi connectivity index (χ0) is 11.5. The van der Waals surface area contributed by atoms with E-state index in [4.69, 9.17) is 10.3 Å². The lowest BCUT2D eigenvalue weighted by atomic mass is 9.82. The molecule has 4 heteroatoms. The Morgan fingerprint density at radius 3 is 3.00 bits per heavy atom. The van der Waals surface area contributed by atoms with Gasteiger partial charge in [-0.1, -0.05) is 31.8 Å². The molecular weight excluding hydrogens is 202 g/mol. The molecule has 1 aliphatic carbocycles. The van der Waals surface area contributed by atoms with Crippen molar-refractivity contribution in [2.75, 3.05) is 6.54 Å². The van der Waals surface area contributed by atoms with Crippen molar-refractivity contribution in [2.24, 2.45) is 11.7 Å². The maximum atomic E-state index is 5.59. The molecule has 3 atom stereocenters. The van der Waals surface area contributed by atoms with Crippen LogP contribution in [0.25, 0.3) is 0 Å². The highest BCUT2D eigenvalue weighted by Crippen LogP contribution is 2.34. The topological polar surface area (TPSA) is 64.9 Å². The minimum atomic E-state index is 0.169. The SMILES string of the molecule is CC1CCCC(c2noc(C(C)CN)n2)C1. The first-order valence-electron chi connectivity index (χ1n) is 6.24. The van der Waals surface area contributed by atoms with Crippen molar-refractivity contribution >= 4 is 0 Å². The van der Waals surface area contributed by atoms with Crippen LogP contribution in [0.4, 0.5) is 0 Å². The van der Waals surface area contributed by atoms with Crippen LogP contribution in [0.1, 0.15) is 63.1 Å². The number of nitrogens with zero attached hydrogens (tertiary/aromatic N) is 2. The molecule has 0 radical (unpaired) electrons. The second-order valence-electron chi connectivity index (χ2n) is 5.10. The van der Waals surface area contributed by atoms with Crippen molar-refractivity contribution in [3.05, 3.63) is 11.7 Å². The summed E-state index contributed by atoms with van der Waals surface area (Å²) >= 11 is 0. The van der Waals surface area contributed by atoms with Crippen LogP contribution in [-0.2, 0) is 0 Å². The molecule has 0 saturated heterocycles. The molecule has 0 aliphatic heterocycles. The molecule has 0 bridgehead atoms. The van der Waals surface area contributed by atoms with E-state index in [1.54, 1.807) is 0 Å². The summed E-state index contributed by atoms with van der Waals surface area (Å²) in [5.74, 6) is 3.03. The predicted molar refractivity (Wildman–Crippen MR) is 62.1 cm³/mol. The highest BCUT2D eigenvalue weighted by atomic mass is 16.5. The van der Waals surface area contributed by atoms with Gasteiger partial charge in [0, 0.05) is 18.4 Å². The van der Waals surface area contributed by atoms with E-state index < -0.39 is 0 Å². The van der Waals surface area contributed by atoms with Crippen LogP contribution < -0.4 is 5.73 Å². The molecular formula is C12H21N3O. The van der Waals surface area contributed by atoms with Crippen molar-refractivity contribution < 1.29 is 4.52 Å². The van der Waals surface area contributed by atoms with Gasteiger partial charge in [-0.3, -0.25) is 0 Å². The smallest absolute Gasteiger partial charge is 0.230 e. The van der Waals surface area contributed by atoms with Gasteiger partial charge < -0.3 is 10.3 Å². The van der Waals surface area contributed by atoms with Gasteiger partial charge in [0.05, 0.1) is 0 Å². The molecule has 4 nitrogen and oxygen atoms in total. The first kappa shape index (κ1) is 11.6. The van der Waals surface area contributed by atoms with Crippen LogP contribution in [0.2, 0.25) is 0 Å². The molecule has 3 unspecified atom stereocenters. The van der Waals surface area contributed by atoms with Crippen LogP contribution in [0.5, 0.6) is 0 Å². The Balaban J connectivity index is 2.06. The van der Waals surface area contributed by atoms with Crippen molar-refractivity contribution in [1.29, 1.82) is 0 Å². The Bertz CT molecular complexity index is 337. The number of nitrogens with two attached hydrogens (primary N) is 1. The molecule has 1 saturated carbocycles. The minimum absolute atomic E-state index is 0.169. The van der Waals surface area contributed by atoms with Gasteiger partial charge in [-0.25, -0.2) is 0 Å². The van der Waals surface area contributed by atoms with Crippen LogP contribution in [0, 0.1) is 5.92 Å². The van der Waals surface area contributed by atoms with Crippen molar-refractivity contribution in [3.63, 3.8) is 0 Å². The summed E-state index contributed by atoms with van der Waals surface area (Å²) in [7, 11) is 0. The molecule has 0 amide bonds. The second kappa shape index (κ2) is 4.95. The average molecular weight is 223 g/mol. The van der Waals surface area contributed by atoms with E-state index in [0.717, 1.165) is 11.7 Å². The van der Waals surface area contributed by atoms with E-state index in [1.165, 1.54) is 25.7 Å². The Morgan fingerprint density at radius 1 is 1.50 bits per heavy atom. The molecule has 2 rings (SSSR count). The summed E-state index contributed by atoms with van der Waals surface area (Å²) in [6, 6.07) is 0. The third-order valence-electron chi connectivity index (χ3n) is 3.53. The van der Waals surface area contributed by atoms with Gasteiger partial charge >= 0.3 is 0 Å². The van der Waals surface area contributed by atoms with E-state index in [1.807, 2.05) is 6.92 Å². The summed E-state index contributed by atoms with van der Waals surface area (Å²) in [6.07, 6.45) is 5.00. The van der Waals surface area contributed by atoms with E-state index >= 15 is 0 Å². The standard InChI is InChI=1S/C12H21N3O/c1-8-4-3-5-10(6-8)11-14-12(16-15-11)9(2)7-13/h8-10H,3-7,13H2,1-2H3. The predicted octanol–water partition coefficient (Wildman–Crippen LogP) is 2.43. The minimum Gasteiger partial charge on any atom is -0.339 e. The lowest BCUT2D eigenvalue weighted by molar-refractivity contribution is 0.317. The first-order chi connectivity index (χ1) is 7.70. The molecule has 1 aliphatic rings. The first-order valence-corrected chi connectivity index (χ1v) is 6.24. The molecule has 1 fully saturated rings. The van der Waals surface area contributed by atoms with Gasteiger partial charge in [0.2, 0.25) is 5.89 Å². The van der Waals surface area contributed by atoms with Crippen molar-refractivity contribution in [1.82, 2.24) is 10.1 Å². The lowest BCUT2D eigenvalue weighted by Gasteiger charge is -2.23. The average Bonchev–Trinajstić information content (AvgIpc) is 2.77. The van der Waals surface area contributed by atoms with E-state index in [2.05, 4.69) is 17.1 Å². The zero-order valence-electron chi connectivity index (χ0n) is 10.1. The second-order valence-corrected chi connectivity index (χ2v) is 5.10. The lowest BCUT2D eigenvalue weighted by Crippen LogP contribution is -2.13. The molecule has 0 aromatic carbocycles. The third kappa shape index (κ3) is 2.43. The maximum absolute atomic E-state index is 5.59. The Morgan fingerprint density at radius 2 is 2.31 bits per heavy atom. The normalized spacial score (nSPS) is 27.9. The largest absolute Gasteiger partial charge is 0.339 e. The Hall–Kier alpha value is -0.900. The fraction of sp³-hybridized carbons (Fsp3) is 0.833. The Kier molecular flexibility index (Phi) is 3.59. The summed E-state index contributed by atoms with van der Waals surface area (Å²) in [4.78, 5) is 4.48. The number of hydrogen-bond donors (Lipinski definition) is 1. The van der Waals surface area contributed by atoms with Crippen LogP contribution in [0.3, 0.4) is 0 Å². The fourth-order valence-corrected chi connectivity index (χ4v) is 2.38. The van der Waals surface area contributed by atoms with E-state index in [0.29, 0.717) is 18.4 Å². The van der Waals surface area contributed by atoms with Gasteiger partial charge in [-0.2, -0.15) is 4.98 Å². The summed E-state index contributed by atoms with van der Waals surface area (Å²) in [5, 5.41) is 4.10. The third-order valence-corrected chi connectivity index (χ3v) is 3.53. The highest BCUT2D eigenvalue weighted by molar-refractivity contribution is 5.00. The van der Waals surface area contributed by atoms with Gasteiger partial charge in [0.15, 0.2) is 5.82 Å². The van der Waals surface area contributed by atoms with Crippen LogP contribution >= 0.6 is 0 Å². The van der Waals surface area contributed by atoms with Gasteiger partial charge in [0.25, 0.3) is 0 Å². The van der Waals surface area contributed by atoms with Crippen molar-refractivity contribution in [3.8, 4) is 0 Å². The molecule has 0 spiro atoms. The van der Waals surface area contributed by atoms with E-state index in [-0.39, 0.29) is 5.92 Å². The number of hydrogen-bond acceptors (Lipinski definition) is 4. The zero-order valence-corrected chi connectivity index (χ0v) is 10.1. The van der Waals surface area contributed by atoms with Gasteiger partial charge in [-0.15, -0.1) is 0 Å². The molecule has 1 heterocycles. The van der Waals surface area contributed by atoms with Gasteiger partial charge in [-0.05, 0) is 18.8 Å². The summed E-state index contributed by atoms with van der Waals surface area (Å²) in [5.41, 5.74) is 5.59. The van der Waals surface area contributed by atoms with Crippen molar-refractivity contribution in [2.45, 2.75) is 51.4 Å². The Labute approximate surface area is 96.6 Å². The molecule has 2 N–H and O–H groups in total. The fourth-order valence-electron chi connectivity index (χ4n) is 2.38.